The molecule has 1 aliphatic rings. The van der Waals surface area contributed by atoms with Crippen molar-refractivity contribution in [2.24, 2.45) is 5.41 Å². The van der Waals surface area contributed by atoms with E-state index in [9.17, 15) is 14.9 Å². The molecule has 0 radical (unpaired) electrons. The topological polar surface area (TPSA) is 112 Å². The van der Waals surface area contributed by atoms with Crippen molar-refractivity contribution in [3.63, 3.8) is 0 Å². The third-order valence-electron chi connectivity index (χ3n) is 8.45. The van der Waals surface area contributed by atoms with Crippen molar-refractivity contribution in [1.29, 1.82) is 5.26 Å². The van der Waals surface area contributed by atoms with Crippen LogP contribution in [0.5, 0.6) is 0 Å². The maximum absolute atomic E-state index is 13.6. The molecular formula is C35H45ClN6O3. The van der Waals surface area contributed by atoms with E-state index in [1.54, 1.807) is 35.2 Å². The van der Waals surface area contributed by atoms with E-state index < -0.39 is 5.60 Å². The molecule has 9 nitrogen and oxygen atoms in total. The Kier molecular flexibility index (Phi) is 10.7. The van der Waals surface area contributed by atoms with Gasteiger partial charge in [0.05, 0.1) is 22.7 Å². The van der Waals surface area contributed by atoms with E-state index in [1.165, 1.54) is 0 Å². The van der Waals surface area contributed by atoms with Gasteiger partial charge in [0.1, 0.15) is 11.6 Å². The molecular weight excluding hydrogens is 588 g/mol. The molecule has 0 aliphatic carbocycles. The van der Waals surface area contributed by atoms with Crippen molar-refractivity contribution in [2.75, 3.05) is 18.5 Å². The molecule has 1 saturated heterocycles. The van der Waals surface area contributed by atoms with E-state index in [1.807, 2.05) is 37.5 Å². The van der Waals surface area contributed by atoms with Crippen LogP contribution in [0.2, 0.25) is 5.02 Å². The number of imidazole rings is 1. The second-order valence-electron chi connectivity index (χ2n) is 13.3. The molecule has 2 unspecified atom stereocenters. The van der Waals surface area contributed by atoms with Gasteiger partial charge in [-0.3, -0.25) is 14.9 Å². The zero-order valence-corrected chi connectivity index (χ0v) is 28.2. The Labute approximate surface area is 271 Å². The van der Waals surface area contributed by atoms with Gasteiger partial charge in [-0.2, -0.15) is 5.26 Å². The zero-order valence-electron chi connectivity index (χ0n) is 27.4. The normalized spacial score (nSPS) is 16.6. The lowest BCUT2D eigenvalue weighted by Gasteiger charge is -2.28. The Morgan fingerprint density at radius 1 is 1.18 bits per heavy atom. The molecule has 2 amide bonds. The van der Waals surface area contributed by atoms with Crippen molar-refractivity contribution >= 4 is 40.4 Å². The lowest BCUT2D eigenvalue weighted by atomic mass is 9.88. The van der Waals surface area contributed by atoms with Crippen LogP contribution in [0.25, 0.3) is 11.0 Å². The minimum Gasteiger partial charge on any atom is -0.372 e. The Bertz CT molecular complexity index is 1600. The largest absolute Gasteiger partial charge is 0.372 e. The third kappa shape index (κ3) is 8.51. The van der Waals surface area contributed by atoms with E-state index in [0.29, 0.717) is 48.8 Å². The fraction of sp³-hybridized carbons (Fsp3) is 0.486. The highest BCUT2D eigenvalue weighted by Gasteiger charge is 2.33. The number of carbonyl (C=O) groups excluding carboxylic acids is 2. The predicted molar refractivity (Wildman–Crippen MR) is 179 cm³/mol. The first-order valence-corrected chi connectivity index (χ1v) is 16.0. The minimum absolute atomic E-state index is 0.0636. The van der Waals surface area contributed by atoms with Gasteiger partial charge in [0, 0.05) is 42.9 Å². The first-order valence-electron chi connectivity index (χ1n) is 15.6. The second-order valence-corrected chi connectivity index (χ2v) is 13.7. The number of fused-ring (bicyclic) bond motifs is 1. The Morgan fingerprint density at radius 2 is 1.89 bits per heavy atom. The van der Waals surface area contributed by atoms with Gasteiger partial charge < -0.3 is 19.5 Å². The molecule has 0 saturated carbocycles. The number of carbonyl (C=O) groups is 2. The summed E-state index contributed by atoms with van der Waals surface area (Å²) < 4.78 is 7.69. The molecule has 2 atom stereocenters. The summed E-state index contributed by atoms with van der Waals surface area (Å²) in [5.74, 6) is -0.229. The second kappa shape index (κ2) is 14.2. The van der Waals surface area contributed by atoms with Gasteiger partial charge in [0.25, 0.3) is 11.8 Å². The average Bonchev–Trinajstić information content (AvgIpc) is 3.58. The Balaban J connectivity index is 1.66. The van der Waals surface area contributed by atoms with Crippen molar-refractivity contribution in [3.05, 3.63) is 70.3 Å². The number of nitriles is 1. The van der Waals surface area contributed by atoms with Crippen LogP contribution in [0.4, 0.5) is 5.95 Å². The van der Waals surface area contributed by atoms with Crippen LogP contribution in [-0.4, -0.2) is 57.1 Å². The average molecular weight is 633 g/mol. The third-order valence-corrected chi connectivity index (χ3v) is 8.70. The smallest absolute Gasteiger partial charge is 0.264 e. The quantitative estimate of drug-likeness (QED) is 0.179. The van der Waals surface area contributed by atoms with Crippen LogP contribution in [0.3, 0.4) is 0 Å². The molecule has 2 heterocycles. The summed E-state index contributed by atoms with van der Waals surface area (Å²) >= 11 is 6.04. The van der Waals surface area contributed by atoms with E-state index >= 15 is 0 Å². The van der Waals surface area contributed by atoms with Gasteiger partial charge >= 0.3 is 0 Å². The van der Waals surface area contributed by atoms with Crippen molar-refractivity contribution in [2.45, 2.75) is 92.1 Å². The fourth-order valence-corrected chi connectivity index (χ4v) is 5.61. The summed E-state index contributed by atoms with van der Waals surface area (Å²) in [5.41, 5.74) is 2.57. The van der Waals surface area contributed by atoms with Crippen molar-refractivity contribution in [3.8, 4) is 6.07 Å². The van der Waals surface area contributed by atoms with Gasteiger partial charge in [-0.05, 0) is 94.0 Å². The minimum atomic E-state index is -0.748. The van der Waals surface area contributed by atoms with Gasteiger partial charge in [-0.15, -0.1) is 0 Å². The van der Waals surface area contributed by atoms with Gasteiger partial charge in [0.15, 0.2) is 0 Å². The molecule has 1 aromatic heterocycles. The SMILES string of the molecule is CCOC(C)(C)C=C(C#N)C(=O)N1CCCC1Cn1c(NC(=O)c2ccc(Cl)cc2)nc2cc(CNC(C)C(C)(C)C)ccc21. The first kappa shape index (κ1) is 34.2. The molecule has 0 bridgehead atoms. The summed E-state index contributed by atoms with van der Waals surface area (Å²) in [4.78, 5) is 33.5. The number of benzene rings is 2. The molecule has 2 aromatic carbocycles. The Morgan fingerprint density at radius 3 is 2.53 bits per heavy atom. The number of anilines is 1. The van der Waals surface area contributed by atoms with Gasteiger partial charge in [0.2, 0.25) is 5.95 Å². The predicted octanol–water partition coefficient (Wildman–Crippen LogP) is 6.72. The van der Waals surface area contributed by atoms with E-state index in [-0.39, 0.29) is 28.8 Å². The lowest BCUT2D eigenvalue weighted by molar-refractivity contribution is -0.127. The van der Waals surface area contributed by atoms with Gasteiger partial charge in [-0.1, -0.05) is 38.4 Å². The van der Waals surface area contributed by atoms with Crippen LogP contribution < -0.4 is 10.6 Å². The Hall–Kier alpha value is -3.71. The van der Waals surface area contributed by atoms with Crippen LogP contribution in [0.15, 0.2) is 54.1 Å². The van der Waals surface area contributed by atoms with Crippen LogP contribution in [0, 0.1) is 16.7 Å². The maximum atomic E-state index is 13.6. The number of nitrogens with one attached hydrogen (secondary N) is 2. The number of hydrogen-bond donors (Lipinski definition) is 2. The van der Waals surface area contributed by atoms with E-state index in [2.05, 4.69) is 50.5 Å². The standard InChI is InChI=1S/C35H45ClN6O3/c1-8-45-35(6,7)19-26(20-37)32(44)41-17-9-10-28(41)22-42-30-16-11-24(21-38-23(2)34(3,4)5)18-29(30)39-33(42)40-31(43)25-12-14-27(36)15-13-25/h11-16,18-19,23,28,38H,8-10,17,21-22H2,1-7H3,(H,39,40,43). The molecule has 45 heavy (non-hydrogen) atoms. The molecule has 1 aliphatic heterocycles. The number of nitrogens with zero attached hydrogens (tertiary/aromatic N) is 4. The summed E-state index contributed by atoms with van der Waals surface area (Å²) in [5, 5.41) is 17.0. The molecule has 1 fully saturated rings. The van der Waals surface area contributed by atoms with Crippen molar-refractivity contribution in [1.82, 2.24) is 19.8 Å². The monoisotopic (exact) mass is 632 g/mol. The molecule has 3 aromatic rings. The first-order chi connectivity index (χ1) is 21.2. The highest BCUT2D eigenvalue weighted by atomic mass is 35.5. The molecule has 2 N–H and O–H groups in total. The lowest BCUT2D eigenvalue weighted by Crippen LogP contribution is -2.39. The fourth-order valence-electron chi connectivity index (χ4n) is 5.48. The summed E-state index contributed by atoms with van der Waals surface area (Å²) in [6.45, 7) is 16.4. The van der Waals surface area contributed by atoms with Crippen LogP contribution in [-0.2, 0) is 22.6 Å². The summed E-state index contributed by atoms with van der Waals surface area (Å²) in [6, 6.07) is 15.0. The van der Waals surface area contributed by atoms with Crippen molar-refractivity contribution < 1.29 is 14.3 Å². The van der Waals surface area contributed by atoms with Gasteiger partial charge in [-0.25, -0.2) is 4.98 Å². The molecule has 4 rings (SSSR count). The number of rotatable bonds is 11. The number of ether oxygens (including phenoxy) is 1. The zero-order chi connectivity index (χ0) is 32.9. The maximum Gasteiger partial charge on any atom is 0.264 e. The summed E-state index contributed by atoms with van der Waals surface area (Å²) in [6.07, 6.45) is 3.18. The molecule has 0 spiro atoms. The molecule has 240 valence electrons. The highest BCUT2D eigenvalue weighted by Crippen LogP contribution is 2.28. The number of hydrogen-bond acceptors (Lipinski definition) is 6. The molecule has 10 heteroatoms. The highest BCUT2D eigenvalue weighted by molar-refractivity contribution is 6.30. The van der Waals surface area contributed by atoms with Crippen LogP contribution >= 0.6 is 11.6 Å². The summed E-state index contributed by atoms with van der Waals surface area (Å²) in [7, 11) is 0. The number of aromatic nitrogens is 2. The number of amides is 2. The van der Waals surface area contributed by atoms with E-state index in [4.69, 9.17) is 21.3 Å². The number of halogens is 1. The van der Waals surface area contributed by atoms with E-state index in [0.717, 1.165) is 29.4 Å². The van der Waals surface area contributed by atoms with Crippen LogP contribution in [0.1, 0.15) is 77.2 Å². The number of likely N-dealkylation sites (tertiary alicyclic amines) is 1.